The van der Waals surface area contributed by atoms with Crippen LogP contribution in [-0.4, -0.2) is 28.2 Å². The Morgan fingerprint density at radius 1 is 1.00 bits per heavy atom. The molecule has 5 rings (SSSR count). The van der Waals surface area contributed by atoms with Crippen LogP contribution in [-0.2, 0) is 23.5 Å². The van der Waals surface area contributed by atoms with Gasteiger partial charge in [-0.3, -0.25) is 9.40 Å². The summed E-state index contributed by atoms with van der Waals surface area (Å²) in [4.78, 5) is 9.34. The number of para-hydroxylation sites is 2. The lowest BCUT2D eigenvalue weighted by Gasteiger charge is -2.27. The van der Waals surface area contributed by atoms with Gasteiger partial charge in [-0.25, -0.2) is 18.4 Å². The predicted octanol–water partition coefficient (Wildman–Crippen LogP) is 3.65. The van der Waals surface area contributed by atoms with E-state index in [9.17, 15) is 8.42 Å². The highest BCUT2D eigenvalue weighted by Gasteiger charge is 2.24. The number of nitrogens with one attached hydrogen (secondary N) is 2. The molecule has 0 spiro atoms. The largest absolute Gasteiger partial charge is 0.360 e. The number of anilines is 2. The molecule has 2 N–H and O–H groups in total. The van der Waals surface area contributed by atoms with Gasteiger partial charge in [0.05, 0.1) is 23.3 Å². The van der Waals surface area contributed by atoms with Crippen molar-refractivity contribution in [1.82, 2.24) is 19.7 Å². The Balaban J connectivity index is 1.56. The number of aryl methyl sites for hydroxylation is 2. The summed E-state index contributed by atoms with van der Waals surface area (Å²) >= 11 is 0. The van der Waals surface area contributed by atoms with E-state index in [2.05, 4.69) is 32.3 Å². The van der Waals surface area contributed by atoms with Crippen LogP contribution in [0.4, 0.5) is 11.6 Å². The van der Waals surface area contributed by atoms with Crippen molar-refractivity contribution < 1.29 is 8.42 Å². The van der Waals surface area contributed by atoms with Crippen LogP contribution >= 0.6 is 0 Å². The van der Waals surface area contributed by atoms with E-state index in [4.69, 9.17) is 4.98 Å². The lowest BCUT2D eigenvalue weighted by molar-refractivity contribution is 0.597. The summed E-state index contributed by atoms with van der Waals surface area (Å²) in [6.45, 7) is 0. The quantitative estimate of drug-likeness (QED) is 0.497. The van der Waals surface area contributed by atoms with Crippen LogP contribution in [0.15, 0.2) is 65.8 Å². The van der Waals surface area contributed by atoms with E-state index in [-0.39, 0.29) is 16.8 Å². The van der Waals surface area contributed by atoms with Crippen molar-refractivity contribution >= 4 is 32.7 Å². The van der Waals surface area contributed by atoms with Gasteiger partial charge < -0.3 is 5.32 Å². The maximum atomic E-state index is 12.9. The van der Waals surface area contributed by atoms with E-state index >= 15 is 0 Å². The summed E-state index contributed by atoms with van der Waals surface area (Å²) in [6, 6.07) is 15.8. The Labute approximate surface area is 180 Å². The van der Waals surface area contributed by atoms with Crippen LogP contribution in [0.3, 0.4) is 0 Å². The molecular formula is C22H22N6O2S. The van der Waals surface area contributed by atoms with Crippen LogP contribution in [0.25, 0.3) is 11.0 Å². The second-order valence-electron chi connectivity index (χ2n) is 7.65. The maximum absolute atomic E-state index is 12.9. The van der Waals surface area contributed by atoms with Crippen molar-refractivity contribution in [2.24, 2.45) is 7.05 Å². The number of sulfonamides is 1. The van der Waals surface area contributed by atoms with Crippen LogP contribution < -0.4 is 10.0 Å². The standard InChI is InChI=1S/C22H22N6O2S/c1-28-14-16(13-23-28)31(29,30)27-22-21(25-19-10-4-5-11-20(19)26-22)24-18-12-6-8-15-7-2-3-9-17(15)18/h2-5,7,9-11,13-14,18H,6,8,12H2,1H3,(H,24,25)(H,26,27). The molecule has 8 nitrogen and oxygen atoms in total. The van der Waals surface area contributed by atoms with Crippen LogP contribution in [0.2, 0.25) is 0 Å². The van der Waals surface area contributed by atoms with Gasteiger partial charge in [0.15, 0.2) is 11.6 Å². The molecule has 0 bridgehead atoms. The fourth-order valence-corrected chi connectivity index (χ4v) is 4.96. The minimum Gasteiger partial charge on any atom is -0.360 e. The molecule has 2 heterocycles. The predicted molar refractivity (Wildman–Crippen MR) is 119 cm³/mol. The topological polar surface area (TPSA) is 102 Å². The second kappa shape index (κ2) is 7.66. The minimum atomic E-state index is -3.86. The zero-order chi connectivity index (χ0) is 21.4. The zero-order valence-corrected chi connectivity index (χ0v) is 17.8. The number of rotatable bonds is 5. The Kier molecular flexibility index (Phi) is 4.82. The van der Waals surface area contributed by atoms with Crippen molar-refractivity contribution in [1.29, 1.82) is 0 Å². The Morgan fingerprint density at radius 2 is 1.71 bits per heavy atom. The first-order valence-electron chi connectivity index (χ1n) is 10.1. The third kappa shape index (κ3) is 3.84. The maximum Gasteiger partial charge on any atom is 0.266 e. The van der Waals surface area contributed by atoms with Crippen molar-refractivity contribution in [2.45, 2.75) is 30.2 Å². The molecule has 1 aliphatic carbocycles. The van der Waals surface area contributed by atoms with E-state index < -0.39 is 10.0 Å². The summed E-state index contributed by atoms with van der Waals surface area (Å²) in [5.74, 6) is 0.582. The van der Waals surface area contributed by atoms with E-state index in [1.54, 1.807) is 7.05 Å². The number of benzene rings is 2. The molecule has 1 unspecified atom stereocenters. The monoisotopic (exact) mass is 434 g/mol. The Morgan fingerprint density at radius 3 is 2.45 bits per heavy atom. The molecule has 9 heteroatoms. The third-order valence-corrected chi connectivity index (χ3v) is 6.77. The first kappa shape index (κ1) is 19.5. The van der Waals surface area contributed by atoms with Gasteiger partial charge in [0, 0.05) is 13.2 Å². The molecule has 0 aliphatic heterocycles. The molecule has 2 aromatic carbocycles. The van der Waals surface area contributed by atoms with E-state index in [1.807, 2.05) is 36.4 Å². The van der Waals surface area contributed by atoms with E-state index in [1.165, 1.54) is 28.2 Å². The lowest BCUT2D eigenvalue weighted by atomic mass is 9.88. The van der Waals surface area contributed by atoms with Gasteiger partial charge in [0.25, 0.3) is 10.0 Å². The molecule has 0 saturated heterocycles. The number of aromatic nitrogens is 4. The van der Waals surface area contributed by atoms with Crippen molar-refractivity contribution in [3.63, 3.8) is 0 Å². The van der Waals surface area contributed by atoms with Crippen LogP contribution in [0, 0.1) is 0 Å². The van der Waals surface area contributed by atoms with Gasteiger partial charge >= 0.3 is 0 Å². The highest BCUT2D eigenvalue weighted by atomic mass is 32.2. The fraction of sp³-hybridized carbons (Fsp3) is 0.227. The first-order chi connectivity index (χ1) is 15.0. The molecule has 0 saturated carbocycles. The second-order valence-corrected chi connectivity index (χ2v) is 9.34. The molecule has 1 aliphatic rings. The number of nitrogens with zero attached hydrogens (tertiary/aromatic N) is 4. The van der Waals surface area contributed by atoms with Crippen molar-refractivity contribution in [3.05, 3.63) is 72.1 Å². The molecular weight excluding hydrogens is 412 g/mol. The summed E-state index contributed by atoms with van der Waals surface area (Å²) in [5, 5.41) is 7.42. The molecule has 158 valence electrons. The number of hydrogen-bond donors (Lipinski definition) is 2. The summed E-state index contributed by atoms with van der Waals surface area (Å²) in [6.07, 6.45) is 5.77. The molecule has 4 aromatic rings. The molecule has 2 aromatic heterocycles. The molecule has 1 atom stereocenters. The Bertz CT molecular complexity index is 1370. The third-order valence-electron chi connectivity index (χ3n) is 5.47. The first-order valence-corrected chi connectivity index (χ1v) is 11.6. The number of hydrogen-bond acceptors (Lipinski definition) is 6. The molecule has 0 fully saturated rings. The molecule has 31 heavy (non-hydrogen) atoms. The molecule has 0 amide bonds. The minimum absolute atomic E-state index is 0.0297. The van der Waals surface area contributed by atoms with Gasteiger partial charge in [-0.1, -0.05) is 36.4 Å². The van der Waals surface area contributed by atoms with Gasteiger partial charge in [0.2, 0.25) is 0 Å². The zero-order valence-electron chi connectivity index (χ0n) is 17.0. The normalized spacial score (nSPS) is 16.1. The van der Waals surface area contributed by atoms with Gasteiger partial charge in [-0.2, -0.15) is 5.10 Å². The fourth-order valence-electron chi connectivity index (χ4n) is 3.96. The van der Waals surface area contributed by atoms with E-state index in [0.29, 0.717) is 16.9 Å². The highest BCUT2D eigenvalue weighted by molar-refractivity contribution is 7.92. The van der Waals surface area contributed by atoms with Crippen molar-refractivity contribution in [2.75, 3.05) is 10.0 Å². The van der Waals surface area contributed by atoms with Gasteiger partial charge in [-0.05, 0) is 42.5 Å². The Hall–Kier alpha value is -3.46. The summed E-state index contributed by atoms with van der Waals surface area (Å²) in [7, 11) is -2.19. The summed E-state index contributed by atoms with van der Waals surface area (Å²) < 4.78 is 29.9. The van der Waals surface area contributed by atoms with Gasteiger partial charge in [-0.15, -0.1) is 0 Å². The van der Waals surface area contributed by atoms with Crippen LogP contribution in [0.1, 0.15) is 30.0 Å². The average Bonchev–Trinajstić information content (AvgIpc) is 3.22. The SMILES string of the molecule is Cn1cc(S(=O)(=O)Nc2nc3ccccc3nc2NC2CCCc3ccccc32)cn1. The summed E-state index contributed by atoms with van der Waals surface area (Å²) in [5.41, 5.74) is 3.82. The lowest BCUT2D eigenvalue weighted by Crippen LogP contribution is -2.21. The highest BCUT2D eigenvalue weighted by Crippen LogP contribution is 2.34. The van der Waals surface area contributed by atoms with Gasteiger partial charge in [0.1, 0.15) is 4.90 Å². The van der Waals surface area contributed by atoms with E-state index in [0.717, 1.165) is 19.3 Å². The average molecular weight is 435 g/mol. The smallest absolute Gasteiger partial charge is 0.266 e. The molecule has 0 radical (unpaired) electrons. The number of fused-ring (bicyclic) bond motifs is 2. The van der Waals surface area contributed by atoms with Crippen LogP contribution in [0.5, 0.6) is 0 Å². The van der Waals surface area contributed by atoms with Crippen molar-refractivity contribution in [3.8, 4) is 0 Å².